The molecule has 44 heavy (non-hydrogen) atoms. The van der Waals surface area contributed by atoms with Crippen LogP contribution in [0.2, 0.25) is 0 Å². The van der Waals surface area contributed by atoms with E-state index in [1.54, 1.807) is 31.2 Å². The monoisotopic (exact) mass is 622 g/mol. The number of carbonyl (C=O) groups excluding carboxylic acids is 1. The summed E-state index contributed by atoms with van der Waals surface area (Å²) in [6.45, 7) is 4.55. The fourth-order valence-electron chi connectivity index (χ4n) is 5.60. The summed E-state index contributed by atoms with van der Waals surface area (Å²) in [6, 6.07) is 13.0. The molecule has 1 aliphatic heterocycles. The molecule has 6 nitrogen and oxygen atoms in total. The zero-order chi connectivity index (χ0) is 31.4. The van der Waals surface area contributed by atoms with Crippen molar-refractivity contribution in [2.75, 3.05) is 32.8 Å². The third-order valence-electron chi connectivity index (χ3n) is 7.86. The van der Waals surface area contributed by atoms with Gasteiger partial charge in [-0.2, -0.15) is 13.2 Å². The van der Waals surface area contributed by atoms with E-state index in [4.69, 9.17) is 14.2 Å². The molecule has 1 saturated carbocycles. The van der Waals surface area contributed by atoms with E-state index in [0.29, 0.717) is 42.8 Å². The quantitative estimate of drug-likeness (QED) is 0.113. The van der Waals surface area contributed by atoms with Gasteiger partial charge < -0.3 is 19.5 Å². The van der Waals surface area contributed by atoms with Crippen molar-refractivity contribution in [3.05, 3.63) is 94.8 Å². The minimum Gasteiger partial charge on any atom is -0.492 e. The Hall–Kier alpha value is -3.77. The van der Waals surface area contributed by atoms with Crippen LogP contribution in [0.1, 0.15) is 23.6 Å². The number of likely N-dealkylation sites (tertiary alicyclic amines) is 1. The number of fused-ring (bicyclic) bond motifs is 1. The molecule has 2 fully saturated rings. The normalized spacial score (nSPS) is 20.2. The number of hydrogen-bond acceptors (Lipinski definition) is 6. The van der Waals surface area contributed by atoms with Crippen molar-refractivity contribution in [3.63, 3.8) is 0 Å². The first-order chi connectivity index (χ1) is 21.0. The molecule has 3 aromatic rings. The first-order valence-corrected chi connectivity index (χ1v) is 14.3. The van der Waals surface area contributed by atoms with Crippen molar-refractivity contribution in [1.82, 2.24) is 10.2 Å². The van der Waals surface area contributed by atoms with E-state index in [2.05, 4.69) is 5.32 Å². The maximum absolute atomic E-state index is 14.0. The second-order valence-electron chi connectivity index (χ2n) is 10.9. The van der Waals surface area contributed by atoms with Gasteiger partial charge in [-0.15, -0.1) is 0 Å². The Labute approximate surface area is 250 Å². The zero-order valence-corrected chi connectivity index (χ0v) is 23.9. The molecule has 1 N–H and O–H groups in total. The Kier molecular flexibility index (Phi) is 9.69. The van der Waals surface area contributed by atoms with Crippen LogP contribution in [-0.4, -0.2) is 55.9 Å². The highest BCUT2D eigenvalue weighted by Gasteiger charge is 2.55. The molecule has 1 aliphatic carbocycles. The van der Waals surface area contributed by atoms with E-state index in [1.807, 2.05) is 4.90 Å². The molecule has 2 aliphatic rings. The van der Waals surface area contributed by atoms with Gasteiger partial charge in [0.1, 0.15) is 23.9 Å². The fourth-order valence-corrected chi connectivity index (χ4v) is 5.60. The van der Waals surface area contributed by atoms with Gasteiger partial charge in [0.15, 0.2) is 17.7 Å². The predicted molar refractivity (Wildman–Crippen MR) is 148 cm³/mol. The van der Waals surface area contributed by atoms with Gasteiger partial charge in [0.25, 0.3) is 0 Å². The number of benzene rings is 3. The fraction of sp³-hybridized carbons (Fsp3) is 0.406. The number of esters is 1. The van der Waals surface area contributed by atoms with Gasteiger partial charge in [-0.25, -0.2) is 18.0 Å². The molecule has 0 spiro atoms. The molecule has 0 aromatic heterocycles. The zero-order valence-electron chi connectivity index (χ0n) is 23.9. The van der Waals surface area contributed by atoms with E-state index in [0.717, 1.165) is 36.9 Å². The number of halogens is 6. The average molecular weight is 623 g/mol. The largest absolute Gasteiger partial charge is 0.492 e. The highest BCUT2D eigenvalue weighted by Crippen LogP contribution is 2.45. The lowest BCUT2D eigenvalue weighted by Gasteiger charge is -2.20. The number of ether oxygens (including phenoxy) is 3. The molecule has 1 heterocycles. The maximum Gasteiger partial charge on any atom is 0.416 e. The van der Waals surface area contributed by atoms with Crippen LogP contribution in [0.5, 0.6) is 11.5 Å². The summed E-state index contributed by atoms with van der Waals surface area (Å²) in [5, 5.41) is 3.47. The van der Waals surface area contributed by atoms with Crippen LogP contribution < -0.4 is 14.8 Å². The van der Waals surface area contributed by atoms with Crippen LogP contribution in [0, 0.1) is 29.3 Å². The number of carbonyl (C=O) groups is 1. The van der Waals surface area contributed by atoms with E-state index in [-0.39, 0.29) is 30.9 Å². The first kappa shape index (κ1) is 31.6. The molecule has 3 aromatic carbocycles. The van der Waals surface area contributed by atoms with Crippen molar-refractivity contribution < 1.29 is 45.3 Å². The molecular weight excluding hydrogens is 590 g/mol. The molecule has 5 rings (SSSR count). The molecule has 4 atom stereocenters. The third-order valence-corrected chi connectivity index (χ3v) is 7.86. The van der Waals surface area contributed by atoms with Gasteiger partial charge in [0, 0.05) is 50.3 Å². The van der Waals surface area contributed by atoms with E-state index < -0.39 is 41.3 Å². The number of hydrogen-bond donors (Lipinski definition) is 1. The average Bonchev–Trinajstić information content (AvgIpc) is 3.43. The van der Waals surface area contributed by atoms with Crippen LogP contribution >= 0.6 is 0 Å². The summed E-state index contributed by atoms with van der Waals surface area (Å²) in [6.07, 6.45) is -5.38. The molecule has 0 bridgehead atoms. The Morgan fingerprint density at radius 3 is 2.20 bits per heavy atom. The second-order valence-corrected chi connectivity index (χ2v) is 10.9. The highest BCUT2D eigenvalue weighted by atomic mass is 19.4. The summed E-state index contributed by atoms with van der Waals surface area (Å²) in [5.74, 6) is -2.02. The van der Waals surface area contributed by atoms with Gasteiger partial charge in [-0.3, -0.25) is 4.90 Å². The van der Waals surface area contributed by atoms with Gasteiger partial charge >= 0.3 is 12.1 Å². The molecule has 1 unspecified atom stereocenters. The lowest BCUT2D eigenvalue weighted by Crippen LogP contribution is -2.33. The number of piperidine rings is 1. The maximum atomic E-state index is 14.0. The Bertz CT molecular complexity index is 1420. The first-order valence-electron chi connectivity index (χ1n) is 14.3. The summed E-state index contributed by atoms with van der Waals surface area (Å²) in [4.78, 5) is 14.5. The van der Waals surface area contributed by atoms with Crippen LogP contribution in [0.4, 0.5) is 26.3 Å². The van der Waals surface area contributed by atoms with Crippen molar-refractivity contribution in [2.24, 2.45) is 11.8 Å². The summed E-state index contributed by atoms with van der Waals surface area (Å²) >= 11 is 0. The lowest BCUT2D eigenvalue weighted by atomic mass is 10.1. The Morgan fingerprint density at radius 1 is 0.932 bits per heavy atom. The van der Waals surface area contributed by atoms with Gasteiger partial charge in [-0.1, -0.05) is 12.1 Å². The molecule has 0 radical (unpaired) electrons. The van der Waals surface area contributed by atoms with E-state index in [9.17, 15) is 31.1 Å². The minimum atomic E-state index is -4.47. The minimum absolute atomic E-state index is 0.119. The van der Waals surface area contributed by atoms with Crippen molar-refractivity contribution >= 4 is 5.97 Å². The van der Waals surface area contributed by atoms with E-state index in [1.165, 1.54) is 12.1 Å². The highest BCUT2D eigenvalue weighted by molar-refractivity contribution is 5.75. The molecule has 1 saturated heterocycles. The SMILES string of the molecule is CCOC(=O)[C@H](Cc1ccc(OCCN[C@H]2C3CN(Cc4cc(F)c(F)cc4F)C[C@@H]32)cc1)Oc1ccc(C(F)(F)F)cc1. The van der Waals surface area contributed by atoms with Crippen LogP contribution in [0.25, 0.3) is 0 Å². The summed E-state index contributed by atoms with van der Waals surface area (Å²) < 4.78 is 95.8. The van der Waals surface area contributed by atoms with Crippen LogP contribution in [0.3, 0.4) is 0 Å². The summed E-state index contributed by atoms with van der Waals surface area (Å²) in [7, 11) is 0. The predicted octanol–water partition coefficient (Wildman–Crippen LogP) is 5.77. The van der Waals surface area contributed by atoms with Crippen molar-refractivity contribution in [1.29, 1.82) is 0 Å². The lowest BCUT2D eigenvalue weighted by molar-refractivity contribution is -0.151. The molecule has 236 valence electrons. The van der Waals surface area contributed by atoms with Gasteiger partial charge in [0.05, 0.1) is 12.2 Å². The Balaban J connectivity index is 1.04. The smallest absolute Gasteiger partial charge is 0.416 e. The van der Waals surface area contributed by atoms with Gasteiger partial charge in [-0.05, 0) is 66.8 Å². The van der Waals surface area contributed by atoms with Crippen molar-refractivity contribution in [2.45, 2.75) is 38.2 Å². The topological polar surface area (TPSA) is 60.0 Å². The van der Waals surface area contributed by atoms with Crippen molar-refractivity contribution in [3.8, 4) is 11.5 Å². The number of rotatable bonds is 13. The molecular formula is C32H32F6N2O4. The van der Waals surface area contributed by atoms with E-state index >= 15 is 0 Å². The molecule has 0 amide bonds. The second kappa shape index (κ2) is 13.5. The van der Waals surface area contributed by atoms with Crippen LogP contribution in [0.15, 0.2) is 60.7 Å². The number of nitrogens with one attached hydrogen (secondary N) is 1. The van der Waals surface area contributed by atoms with Crippen LogP contribution in [-0.2, 0) is 28.7 Å². The standard InChI is InChI=1S/C32H32F6N2O4/c1-2-42-31(41)29(44-23-9-5-21(6-10-23)32(36,37)38)13-19-3-7-22(8-4-19)43-12-11-39-30-24-17-40(18-25(24)30)16-20-14-27(34)28(35)15-26(20)33/h3-10,14-15,24-25,29-30,39H,2,11-13,16-18H2,1H3/t24-,25?,29-,30+/m0/s1. The molecule has 12 heteroatoms. The third kappa shape index (κ3) is 7.84. The summed E-state index contributed by atoms with van der Waals surface area (Å²) in [5.41, 5.74) is 0.0846. The number of nitrogens with zero attached hydrogens (tertiary/aromatic N) is 1. The van der Waals surface area contributed by atoms with Gasteiger partial charge in [0.2, 0.25) is 0 Å². The number of alkyl halides is 3. The Morgan fingerprint density at radius 2 is 1.57 bits per heavy atom.